The predicted octanol–water partition coefficient (Wildman–Crippen LogP) is 4.34. The van der Waals surface area contributed by atoms with Crippen molar-refractivity contribution in [1.82, 2.24) is 9.71 Å². The number of hydrogen-bond donors (Lipinski definition) is 1. The lowest BCUT2D eigenvalue weighted by molar-refractivity contribution is 0.183. The Balaban J connectivity index is 3.00. The van der Waals surface area contributed by atoms with Gasteiger partial charge in [-0.15, -0.1) is 0 Å². The highest BCUT2D eigenvalue weighted by Crippen LogP contribution is 2.39. The lowest BCUT2D eigenvalue weighted by Gasteiger charge is -2.39. The van der Waals surface area contributed by atoms with Crippen LogP contribution in [0.5, 0.6) is 0 Å². The highest BCUT2D eigenvalue weighted by Gasteiger charge is 2.40. The zero-order chi connectivity index (χ0) is 18.8. The van der Waals surface area contributed by atoms with Gasteiger partial charge in [0.2, 0.25) is 0 Å². The highest BCUT2D eigenvalue weighted by molar-refractivity contribution is 7.84. The fourth-order valence-electron chi connectivity index (χ4n) is 1.68. The first-order valence-corrected chi connectivity index (χ1v) is 12.2. The molecule has 2 atom stereocenters. The minimum atomic E-state index is -2.05. The minimum Gasteiger partial charge on any atom is -0.407 e. The first kappa shape index (κ1) is 21.4. The number of hydrogen-bond acceptors (Lipinski definition) is 3. The molecule has 1 aromatic rings. The van der Waals surface area contributed by atoms with Crippen LogP contribution >= 0.6 is 0 Å². The molecule has 24 heavy (non-hydrogen) atoms. The molecule has 0 saturated carbocycles. The van der Waals surface area contributed by atoms with Gasteiger partial charge in [-0.2, -0.15) is 0 Å². The molecule has 138 valence electrons. The Kier molecular flexibility index (Phi) is 6.89. The van der Waals surface area contributed by atoms with Crippen molar-refractivity contribution in [3.8, 4) is 0 Å². The third-order valence-electron chi connectivity index (χ3n) is 4.28. The van der Waals surface area contributed by atoms with Crippen molar-refractivity contribution in [3.05, 3.63) is 29.8 Å². The standard InChI is InChI=1S/C17H31FN2O2SSi/c1-16(2,3)23(21)20-12-15(14-10-9-13(18)11-19-14)22-24(7,8)17(4,5)6/h9-11,15,20H,12H2,1-8H3. The van der Waals surface area contributed by atoms with Crippen LogP contribution in [0.15, 0.2) is 18.3 Å². The van der Waals surface area contributed by atoms with Crippen LogP contribution in [0.25, 0.3) is 0 Å². The van der Waals surface area contributed by atoms with Crippen molar-refractivity contribution in [2.45, 2.75) is 70.5 Å². The summed E-state index contributed by atoms with van der Waals surface area (Å²) in [6.45, 7) is 16.9. The molecule has 2 unspecified atom stereocenters. The van der Waals surface area contributed by atoms with Crippen molar-refractivity contribution in [2.75, 3.05) is 6.54 Å². The average molecular weight is 375 g/mol. The van der Waals surface area contributed by atoms with Crippen molar-refractivity contribution < 1.29 is 13.0 Å². The molecule has 1 rings (SSSR count). The largest absolute Gasteiger partial charge is 0.407 e. The Morgan fingerprint density at radius 1 is 1.25 bits per heavy atom. The molecule has 0 aliphatic heterocycles. The normalized spacial score (nSPS) is 16.0. The van der Waals surface area contributed by atoms with E-state index in [1.807, 2.05) is 20.8 Å². The van der Waals surface area contributed by atoms with E-state index in [1.54, 1.807) is 6.07 Å². The number of nitrogens with one attached hydrogen (secondary N) is 1. The molecular formula is C17H31FN2O2SSi. The SMILES string of the molecule is CC(C)(C)S(=O)NCC(O[Si](C)(C)C(C)(C)C)c1ccc(F)cn1. The Morgan fingerprint density at radius 2 is 1.83 bits per heavy atom. The lowest BCUT2D eigenvalue weighted by atomic mass is 10.2. The maximum Gasteiger partial charge on any atom is 0.193 e. The van der Waals surface area contributed by atoms with Crippen LogP contribution < -0.4 is 4.72 Å². The smallest absolute Gasteiger partial charge is 0.193 e. The molecule has 0 bridgehead atoms. The second-order valence-electron chi connectivity index (χ2n) is 8.50. The third kappa shape index (κ3) is 6.02. The zero-order valence-corrected chi connectivity index (χ0v) is 17.9. The van der Waals surface area contributed by atoms with Crippen LogP contribution in [0, 0.1) is 5.82 Å². The third-order valence-corrected chi connectivity index (χ3v) is 10.3. The number of rotatable bonds is 6. The summed E-state index contributed by atoms with van der Waals surface area (Å²) in [7, 11) is -3.26. The van der Waals surface area contributed by atoms with E-state index in [2.05, 4.69) is 43.6 Å². The van der Waals surface area contributed by atoms with Gasteiger partial charge in [-0.25, -0.2) is 13.3 Å². The molecule has 1 N–H and O–H groups in total. The molecule has 0 amide bonds. The Morgan fingerprint density at radius 3 is 2.25 bits per heavy atom. The molecule has 0 aliphatic rings. The van der Waals surface area contributed by atoms with Gasteiger partial charge in [-0.1, -0.05) is 20.8 Å². The molecule has 0 spiro atoms. The van der Waals surface area contributed by atoms with Crippen LogP contribution in [-0.2, 0) is 15.4 Å². The number of aromatic nitrogens is 1. The molecule has 7 heteroatoms. The minimum absolute atomic E-state index is 0.0362. The maximum atomic E-state index is 13.2. The molecule has 0 fully saturated rings. The molecule has 0 aliphatic carbocycles. The maximum absolute atomic E-state index is 13.2. The van der Waals surface area contributed by atoms with Gasteiger partial charge in [-0.05, 0) is 51.0 Å². The molecule has 1 heterocycles. The number of nitrogens with zero attached hydrogens (tertiary/aromatic N) is 1. The second-order valence-corrected chi connectivity index (χ2v) is 15.3. The van der Waals surface area contributed by atoms with E-state index in [-0.39, 0.29) is 21.7 Å². The Labute approximate surface area is 149 Å². The van der Waals surface area contributed by atoms with Gasteiger partial charge < -0.3 is 4.43 Å². The van der Waals surface area contributed by atoms with E-state index in [4.69, 9.17) is 4.43 Å². The van der Waals surface area contributed by atoms with Gasteiger partial charge >= 0.3 is 0 Å². The summed E-state index contributed by atoms with van der Waals surface area (Å²) >= 11 is 0. The van der Waals surface area contributed by atoms with E-state index >= 15 is 0 Å². The van der Waals surface area contributed by atoms with Gasteiger partial charge in [0.15, 0.2) is 8.32 Å². The summed E-state index contributed by atoms with van der Waals surface area (Å²) in [6, 6.07) is 3.01. The highest BCUT2D eigenvalue weighted by atomic mass is 32.2. The number of pyridine rings is 1. The van der Waals surface area contributed by atoms with Crippen molar-refractivity contribution in [2.24, 2.45) is 0 Å². The first-order valence-electron chi connectivity index (χ1n) is 8.19. The first-order chi connectivity index (χ1) is 10.7. The molecule has 4 nitrogen and oxygen atoms in total. The topological polar surface area (TPSA) is 51.2 Å². The van der Waals surface area contributed by atoms with Crippen molar-refractivity contribution >= 4 is 19.3 Å². The fraction of sp³-hybridized carbons (Fsp3) is 0.706. The van der Waals surface area contributed by atoms with Gasteiger partial charge in [0.05, 0.1) is 27.6 Å². The fourth-order valence-corrected chi connectivity index (χ4v) is 3.69. The van der Waals surface area contributed by atoms with Gasteiger partial charge in [0.1, 0.15) is 11.9 Å². The summed E-state index contributed by atoms with van der Waals surface area (Å²) in [6.07, 6.45) is 0.829. The van der Waals surface area contributed by atoms with E-state index in [0.29, 0.717) is 12.2 Å². The quantitative estimate of drug-likeness (QED) is 0.754. The summed E-state index contributed by atoms with van der Waals surface area (Å²) in [5, 5.41) is 0.0362. The van der Waals surface area contributed by atoms with Crippen LogP contribution in [0.3, 0.4) is 0 Å². The van der Waals surface area contributed by atoms with Crippen LogP contribution in [0.4, 0.5) is 4.39 Å². The summed E-state index contributed by atoms with van der Waals surface area (Å²) in [5.41, 5.74) is 0.652. The monoisotopic (exact) mass is 374 g/mol. The summed E-state index contributed by atoms with van der Waals surface area (Å²) < 4.78 is 34.6. The molecule has 0 aromatic carbocycles. The summed E-state index contributed by atoms with van der Waals surface area (Å²) in [5.74, 6) is -0.379. The lowest BCUT2D eigenvalue weighted by Crippen LogP contribution is -2.44. The summed E-state index contributed by atoms with van der Waals surface area (Å²) in [4.78, 5) is 4.17. The Bertz CT molecular complexity index is 565. The van der Waals surface area contributed by atoms with Gasteiger partial charge in [-0.3, -0.25) is 4.98 Å². The second kappa shape index (κ2) is 7.72. The van der Waals surface area contributed by atoms with Gasteiger partial charge in [0, 0.05) is 6.54 Å². The zero-order valence-electron chi connectivity index (χ0n) is 16.1. The van der Waals surface area contributed by atoms with E-state index in [1.165, 1.54) is 12.3 Å². The Hall–Kier alpha value is -0.633. The van der Waals surface area contributed by atoms with Gasteiger partial charge in [0.25, 0.3) is 0 Å². The van der Waals surface area contributed by atoms with E-state index in [0.717, 1.165) is 0 Å². The molecule has 0 saturated heterocycles. The van der Waals surface area contributed by atoms with E-state index in [9.17, 15) is 8.60 Å². The van der Waals surface area contributed by atoms with Crippen LogP contribution in [-0.4, -0.2) is 28.8 Å². The van der Waals surface area contributed by atoms with Crippen molar-refractivity contribution in [3.63, 3.8) is 0 Å². The van der Waals surface area contributed by atoms with Crippen LogP contribution in [0.2, 0.25) is 18.1 Å². The average Bonchev–Trinajstić information content (AvgIpc) is 2.41. The van der Waals surface area contributed by atoms with Crippen molar-refractivity contribution in [1.29, 1.82) is 0 Å². The number of halogens is 1. The molecule has 0 radical (unpaired) electrons. The van der Waals surface area contributed by atoms with E-state index < -0.39 is 19.3 Å². The molecule has 1 aromatic heterocycles. The molecular weight excluding hydrogens is 343 g/mol. The van der Waals surface area contributed by atoms with Crippen LogP contribution in [0.1, 0.15) is 53.3 Å². The predicted molar refractivity (Wildman–Crippen MR) is 101 cm³/mol.